The largest absolute Gasteiger partial charge is 0.372 e. The maximum Gasteiger partial charge on any atom is 0.282 e. The first kappa shape index (κ1) is 20.1. The average molecular weight is 424 g/mol. The van der Waals surface area contributed by atoms with E-state index in [9.17, 15) is 9.59 Å². The summed E-state index contributed by atoms with van der Waals surface area (Å²) in [7, 11) is 0. The van der Waals surface area contributed by atoms with Gasteiger partial charge in [-0.05, 0) is 61.7 Å². The van der Waals surface area contributed by atoms with Crippen LogP contribution in [0.3, 0.4) is 0 Å². The normalized spacial score (nSPS) is 16.3. The molecule has 0 aromatic heterocycles. The quantitative estimate of drug-likeness (QED) is 0.588. The molecule has 32 heavy (non-hydrogen) atoms. The SMILES string of the molecule is Cc1ccc(N2C(=O)C(Nc3ccc(N4CCCC4)cc3)=C(c3ccccc3)C2=O)cc1. The van der Waals surface area contributed by atoms with Crippen molar-refractivity contribution >= 4 is 34.4 Å². The molecule has 2 aliphatic heterocycles. The number of hydrogen-bond donors (Lipinski definition) is 1. The predicted octanol–water partition coefficient (Wildman–Crippen LogP) is 4.99. The molecule has 0 saturated carbocycles. The summed E-state index contributed by atoms with van der Waals surface area (Å²) in [5.74, 6) is -0.664. The van der Waals surface area contributed by atoms with Crippen LogP contribution in [0, 0.1) is 6.92 Å². The summed E-state index contributed by atoms with van der Waals surface area (Å²) in [6.45, 7) is 4.13. The molecule has 5 rings (SSSR count). The van der Waals surface area contributed by atoms with Crippen LogP contribution in [-0.2, 0) is 9.59 Å². The zero-order valence-electron chi connectivity index (χ0n) is 18.0. The maximum absolute atomic E-state index is 13.4. The molecule has 0 radical (unpaired) electrons. The van der Waals surface area contributed by atoms with Gasteiger partial charge in [-0.2, -0.15) is 0 Å². The summed E-state index contributed by atoms with van der Waals surface area (Å²) in [5.41, 5.74) is 5.01. The Morgan fingerprint density at radius 3 is 2.00 bits per heavy atom. The van der Waals surface area contributed by atoms with Gasteiger partial charge >= 0.3 is 0 Å². The molecule has 3 aromatic carbocycles. The molecule has 160 valence electrons. The van der Waals surface area contributed by atoms with Gasteiger partial charge < -0.3 is 10.2 Å². The Kier molecular flexibility index (Phi) is 5.23. The molecule has 1 saturated heterocycles. The molecule has 2 amide bonds. The number of carbonyl (C=O) groups excluding carboxylic acids is 2. The van der Waals surface area contributed by atoms with E-state index >= 15 is 0 Å². The van der Waals surface area contributed by atoms with Crippen LogP contribution in [-0.4, -0.2) is 24.9 Å². The summed E-state index contributed by atoms with van der Waals surface area (Å²) in [6, 6.07) is 24.8. The van der Waals surface area contributed by atoms with Crippen molar-refractivity contribution in [3.05, 3.63) is 95.7 Å². The molecule has 0 atom stereocenters. The van der Waals surface area contributed by atoms with Crippen LogP contribution in [0.1, 0.15) is 24.0 Å². The highest BCUT2D eigenvalue weighted by Crippen LogP contribution is 2.34. The fourth-order valence-electron chi connectivity index (χ4n) is 4.32. The van der Waals surface area contributed by atoms with Crippen LogP contribution in [0.5, 0.6) is 0 Å². The van der Waals surface area contributed by atoms with E-state index in [0.717, 1.165) is 29.9 Å². The van der Waals surface area contributed by atoms with Crippen molar-refractivity contribution in [1.82, 2.24) is 0 Å². The Hall–Kier alpha value is -3.86. The number of amides is 2. The second-order valence-corrected chi connectivity index (χ2v) is 8.26. The van der Waals surface area contributed by atoms with Gasteiger partial charge in [-0.15, -0.1) is 0 Å². The van der Waals surface area contributed by atoms with Crippen molar-refractivity contribution in [1.29, 1.82) is 0 Å². The van der Waals surface area contributed by atoms with Gasteiger partial charge in [0.25, 0.3) is 11.8 Å². The third kappa shape index (κ3) is 3.66. The van der Waals surface area contributed by atoms with Crippen LogP contribution in [0.25, 0.3) is 5.57 Å². The Bertz CT molecular complexity index is 1180. The van der Waals surface area contributed by atoms with Gasteiger partial charge in [0.1, 0.15) is 5.70 Å². The minimum Gasteiger partial charge on any atom is -0.372 e. The lowest BCUT2D eigenvalue weighted by Gasteiger charge is -2.18. The van der Waals surface area contributed by atoms with E-state index in [-0.39, 0.29) is 11.8 Å². The van der Waals surface area contributed by atoms with Gasteiger partial charge in [0.15, 0.2) is 0 Å². The van der Waals surface area contributed by atoms with E-state index in [0.29, 0.717) is 17.0 Å². The number of carbonyl (C=O) groups is 2. The highest BCUT2D eigenvalue weighted by Gasteiger charge is 2.40. The van der Waals surface area contributed by atoms with E-state index in [1.807, 2.05) is 73.7 Å². The number of aryl methyl sites for hydroxylation is 1. The molecule has 1 N–H and O–H groups in total. The molecular formula is C27H25N3O2. The second kappa shape index (κ2) is 8.35. The Morgan fingerprint density at radius 2 is 1.34 bits per heavy atom. The molecule has 2 heterocycles. The monoisotopic (exact) mass is 423 g/mol. The van der Waals surface area contributed by atoms with Crippen LogP contribution in [0.15, 0.2) is 84.6 Å². The molecule has 2 aliphatic rings. The first-order chi connectivity index (χ1) is 15.6. The molecule has 0 aliphatic carbocycles. The second-order valence-electron chi connectivity index (χ2n) is 8.26. The van der Waals surface area contributed by atoms with Gasteiger partial charge in [0, 0.05) is 24.5 Å². The molecule has 0 unspecified atom stereocenters. The van der Waals surface area contributed by atoms with Gasteiger partial charge in [0.2, 0.25) is 0 Å². The lowest BCUT2D eigenvalue weighted by molar-refractivity contribution is -0.120. The molecule has 5 nitrogen and oxygen atoms in total. The topological polar surface area (TPSA) is 52.7 Å². The molecule has 0 spiro atoms. The third-order valence-corrected chi connectivity index (χ3v) is 6.05. The van der Waals surface area contributed by atoms with Crippen molar-refractivity contribution in [3.63, 3.8) is 0 Å². The maximum atomic E-state index is 13.4. The number of imide groups is 1. The standard InChI is InChI=1S/C27H25N3O2/c1-19-9-13-23(14-10-19)30-26(31)24(20-7-3-2-4-8-20)25(27(30)32)28-21-11-15-22(16-12-21)29-17-5-6-18-29/h2-4,7-16,28H,5-6,17-18H2,1H3. The zero-order valence-corrected chi connectivity index (χ0v) is 18.0. The minimum absolute atomic E-state index is 0.302. The molecule has 1 fully saturated rings. The highest BCUT2D eigenvalue weighted by atomic mass is 16.2. The van der Waals surface area contributed by atoms with Gasteiger partial charge in [0.05, 0.1) is 11.3 Å². The molecule has 0 bridgehead atoms. The minimum atomic E-state index is -0.346. The predicted molar refractivity (Wildman–Crippen MR) is 129 cm³/mol. The van der Waals surface area contributed by atoms with E-state index in [4.69, 9.17) is 0 Å². The first-order valence-electron chi connectivity index (χ1n) is 11.0. The van der Waals surface area contributed by atoms with E-state index < -0.39 is 0 Å². The van der Waals surface area contributed by atoms with Crippen molar-refractivity contribution < 1.29 is 9.59 Å². The number of anilines is 3. The zero-order chi connectivity index (χ0) is 22.1. The Balaban J connectivity index is 1.50. The summed E-state index contributed by atoms with van der Waals surface area (Å²) in [6.07, 6.45) is 2.44. The van der Waals surface area contributed by atoms with E-state index in [2.05, 4.69) is 22.3 Å². The lowest BCUT2D eigenvalue weighted by atomic mass is 10.0. The van der Waals surface area contributed by atoms with E-state index in [1.165, 1.54) is 23.4 Å². The lowest BCUT2D eigenvalue weighted by Crippen LogP contribution is -2.32. The van der Waals surface area contributed by atoms with Gasteiger partial charge in [-0.1, -0.05) is 48.0 Å². The Labute approximate surface area is 188 Å². The van der Waals surface area contributed by atoms with Crippen LogP contribution in [0.4, 0.5) is 17.1 Å². The Morgan fingerprint density at radius 1 is 0.719 bits per heavy atom. The van der Waals surface area contributed by atoms with Crippen molar-refractivity contribution in [2.45, 2.75) is 19.8 Å². The fourth-order valence-corrected chi connectivity index (χ4v) is 4.32. The first-order valence-corrected chi connectivity index (χ1v) is 11.0. The highest BCUT2D eigenvalue weighted by molar-refractivity contribution is 6.46. The van der Waals surface area contributed by atoms with Crippen molar-refractivity contribution in [2.24, 2.45) is 0 Å². The fraction of sp³-hybridized carbons (Fsp3) is 0.185. The molecular weight excluding hydrogens is 398 g/mol. The summed E-state index contributed by atoms with van der Waals surface area (Å²) in [4.78, 5) is 30.5. The van der Waals surface area contributed by atoms with Crippen molar-refractivity contribution in [2.75, 3.05) is 28.2 Å². The number of benzene rings is 3. The number of hydrogen-bond acceptors (Lipinski definition) is 4. The smallest absolute Gasteiger partial charge is 0.282 e. The number of rotatable bonds is 5. The van der Waals surface area contributed by atoms with Gasteiger partial charge in [-0.3, -0.25) is 9.59 Å². The average Bonchev–Trinajstić information content (AvgIpc) is 3.43. The van der Waals surface area contributed by atoms with Crippen LogP contribution < -0.4 is 15.1 Å². The third-order valence-electron chi connectivity index (χ3n) is 6.05. The van der Waals surface area contributed by atoms with Crippen LogP contribution >= 0.6 is 0 Å². The summed E-state index contributed by atoms with van der Waals surface area (Å²) >= 11 is 0. The summed E-state index contributed by atoms with van der Waals surface area (Å²) in [5, 5.41) is 3.25. The van der Waals surface area contributed by atoms with Crippen molar-refractivity contribution in [3.8, 4) is 0 Å². The number of nitrogens with zero attached hydrogens (tertiary/aromatic N) is 2. The van der Waals surface area contributed by atoms with Gasteiger partial charge in [-0.25, -0.2) is 4.90 Å². The number of nitrogens with one attached hydrogen (secondary N) is 1. The molecule has 5 heteroatoms. The molecule has 3 aromatic rings. The summed E-state index contributed by atoms with van der Waals surface area (Å²) < 4.78 is 0. The van der Waals surface area contributed by atoms with Crippen LogP contribution in [0.2, 0.25) is 0 Å². The van der Waals surface area contributed by atoms with E-state index in [1.54, 1.807) is 0 Å².